The van der Waals surface area contributed by atoms with Crippen molar-refractivity contribution in [3.8, 4) is 5.75 Å². The van der Waals surface area contributed by atoms with Gasteiger partial charge in [0.15, 0.2) is 11.6 Å². The molecule has 0 radical (unpaired) electrons. The van der Waals surface area contributed by atoms with E-state index in [0.29, 0.717) is 13.1 Å². The maximum Gasteiger partial charge on any atom is 0.238 e. The summed E-state index contributed by atoms with van der Waals surface area (Å²) in [7, 11) is 1.62. The molecule has 0 saturated carbocycles. The van der Waals surface area contributed by atoms with Crippen molar-refractivity contribution in [2.24, 2.45) is 0 Å². The van der Waals surface area contributed by atoms with Crippen LogP contribution >= 0.6 is 0 Å². The van der Waals surface area contributed by atoms with Crippen LogP contribution in [-0.2, 0) is 4.79 Å². The summed E-state index contributed by atoms with van der Waals surface area (Å²) in [4.78, 5) is 14.4. The van der Waals surface area contributed by atoms with Gasteiger partial charge in [-0.2, -0.15) is 0 Å². The Bertz CT molecular complexity index is 785. The molecule has 3 rings (SSSR count). The summed E-state index contributed by atoms with van der Waals surface area (Å²) < 4.78 is 31.7. The van der Waals surface area contributed by atoms with Crippen molar-refractivity contribution in [2.45, 2.75) is 6.04 Å². The molecule has 2 aromatic carbocycles. The van der Waals surface area contributed by atoms with Gasteiger partial charge in [0.25, 0.3) is 0 Å². The van der Waals surface area contributed by atoms with Gasteiger partial charge in [0.2, 0.25) is 5.91 Å². The molecule has 2 aromatic rings. The first kappa shape index (κ1) is 18.3. The highest BCUT2D eigenvalue weighted by Crippen LogP contribution is 2.30. The van der Waals surface area contributed by atoms with E-state index < -0.39 is 11.6 Å². The van der Waals surface area contributed by atoms with Crippen LogP contribution in [0.2, 0.25) is 0 Å². The maximum atomic E-state index is 13.3. The Kier molecular flexibility index (Phi) is 5.80. The zero-order valence-corrected chi connectivity index (χ0v) is 14.5. The number of nitrogens with zero attached hydrogens (tertiary/aromatic N) is 1. The average Bonchev–Trinajstić information content (AvgIpc) is 2.65. The van der Waals surface area contributed by atoms with Crippen LogP contribution in [0.1, 0.15) is 11.6 Å². The summed E-state index contributed by atoms with van der Waals surface area (Å²) in [5.74, 6) is -1.44. The summed E-state index contributed by atoms with van der Waals surface area (Å²) in [5, 5.41) is 5.95. The van der Waals surface area contributed by atoms with Crippen LogP contribution in [0.15, 0.2) is 42.5 Å². The summed E-state index contributed by atoms with van der Waals surface area (Å²) in [6, 6.07) is 11.0. The zero-order valence-electron chi connectivity index (χ0n) is 14.5. The molecule has 1 fully saturated rings. The lowest BCUT2D eigenvalue weighted by Crippen LogP contribution is -2.48. The Hall–Kier alpha value is -2.51. The SMILES string of the molecule is COc1ccccc1C1CNCCN1CC(=O)Nc1ccc(F)c(F)c1. The molecular formula is C19H21F2N3O2. The van der Waals surface area contributed by atoms with Gasteiger partial charge in [-0.3, -0.25) is 9.69 Å². The first-order valence-corrected chi connectivity index (χ1v) is 8.41. The quantitative estimate of drug-likeness (QED) is 0.860. The number of carbonyl (C=O) groups is 1. The van der Waals surface area contributed by atoms with Crippen molar-refractivity contribution < 1.29 is 18.3 Å². The number of ether oxygens (including phenoxy) is 1. The number of nitrogens with one attached hydrogen (secondary N) is 2. The minimum Gasteiger partial charge on any atom is -0.496 e. The van der Waals surface area contributed by atoms with Gasteiger partial charge in [-0.15, -0.1) is 0 Å². The number of piperazine rings is 1. The molecule has 1 atom stereocenters. The van der Waals surface area contributed by atoms with E-state index in [2.05, 4.69) is 10.6 Å². The van der Waals surface area contributed by atoms with Crippen molar-refractivity contribution in [1.29, 1.82) is 0 Å². The number of methoxy groups -OCH3 is 1. The first-order valence-electron chi connectivity index (χ1n) is 8.41. The van der Waals surface area contributed by atoms with Gasteiger partial charge in [0.1, 0.15) is 5.75 Å². The fourth-order valence-corrected chi connectivity index (χ4v) is 3.14. The minimum absolute atomic E-state index is 0.0180. The van der Waals surface area contributed by atoms with E-state index in [9.17, 15) is 13.6 Å². The van der Waals surface area contributed by atoms with Gasteiger partial charge in [0, 0.05) is 37.0 Å². The molecular weight excluding hydrogens is 340 g/mol. The van der Waals surface area contributed by atoms with Crippen molar-refractivity contribution in [2.75, 3.05) is 38.6 Å². The van der Waals surface area contributed by atoms with Gasteiger partial charge < -0.3 is 15.4 Å². The van der Waals surface area contributed by atoms with Crippen LogP contribution < -0.4 is 15.4 Å². The monoisotopic (exact) mass is 361 g/mol. The fourth-order valence-electron chi connectivity index (χ4n) is 3.14. The highest BCUT2D eigenvalue weighted by atomic mass is 19.2. The van der Waals surface area contributed by atoms with Gasteiger partial charge >= 0.3 is 0 Å². The van der Waals surface area contributed by atoms with E-state index in [1.165, 1.54) is 6.07 Å². The number of halogens is 2. The third-order valence-electron chi connectivity index (χ3n) is 4.40. The van der Waals surface area contributed by atoms with Crippen LogP contribution in [0.4, 0.5) is 14.5 Å². The summed E-state index contributed by atoms with van der Waals surface area (Å²) in [5.41, 5.74) is 1.24. The van der Waals surface area contributed by atoms with Gasteiger partial charge in [-0.25, -0.2) is 8.78 Å². The Morgan fingerprint density at radius 2 is 2.08 bits per heavy atom. The predicted octanol–water partition coefficient (Wildman–Crippen LogP) is 2.56. The molecule has 138 valence electrons. The molecule has 7 heteroatoms. The fraction of sp³-hybridized carbons (Fsp3) is 0.316. The number of hydrogen-bond acceptors (Lipinski definition) is 4. The van der Waals surface area contributed by atoms with Crippen LogP contribution in [0, 0.1) is 11.6 Å². The second kappa shape index (κ2) is 8.25. The third-order valence-corrected chi connectivity index (χ3v) is 4.40. The predicted molar refractivity (Wildman–Crippen MR) is 95.2 cm³/mol. The first-order chi connectivity index (χ1) is 12.6. The molecule has 5 nitrogen and oxygen atoms in total. The lowest BCUT2D eigenvalue weighted by Gasteiger charge is -2.36. The van der Waals surface area contributed by atoms with E-state index in [1.54, 1.807) is 7.11 Å². The second-order valence-corrected chi connectivity index (χ2v) is 6.11. The molecule has 1 aliphatic heterocycles. The van der Waals surface area contributed by atoms with Gasteiger partial charge in [-0.05, 0) is 18.2 Å². The molecule has 1 heterocycles. The standard InChI is InChI=1S/C19H21F2N3O2/c1-26-18-5-3-2-4-14(18)17-11-22-8-9-24(17)12-19(25)23-13-6-7-15(20)16(21)10-13/h2-7,10,17,22H,8-9,11-12H2,1H3,(H,23,25). The van der Waals surface area contributed by atoms with Crippen LogP contribution in [-0.4, -0.2) is 44.1 Å². The molecule has 1 amide bonds. The Morgan fingerprint density at radius 3 is 2.85 bits per heavy atom. The topological polar surface area (TPSA) is 53.6 Å². The number of para-hydroxylation sites is 1. The van der Waals surface area contributed by atoms with Crippen molar-refractivity contribution in [3.63, 3.8) is 0 Å². The smallest absolute Gasteiger partial charge is 0.238 e. The molecule has 0 aliphatic carbocycles. The van der Waals surface area contributed by atoms with E-state index in [1.807, 2.05) is 29.2 Å². The molecule has 0 aromatic heterocycles. The maximum absolute atomic E-state index is 13.3. The van der Waals surface area contributed by atoms with Crippen molar-refractivity contribution in [3.05, 3.63) is 59.7 Å². The molecule has 1 aliphatic rings. The molecule has 0 spiro atoms. The number of amides is 1. The zero-order chi connectivity index (χ0) is 18.5. The summed E-state index contributed by atoms with van der Waals surface area (Å²) in [6.07, 6.45) is 0. The van der Waals surface area contributed by atoms with Crippen LogP contribution in [0.25, 0.3) is 0 Å². The highest BCUT2D eigenvalue weighted by Gasteiger charge is 2.27. The van der Waals surface area contributed by atoms with E-state index in [4.69, 9.17) is 4.74 Å². The Balaban J connectivity index is 1.71. The van der Waals surface area contributed by atoms with Gasteiger partial charge in [-0.1, -0.05) is 18.2 Å². The van der Waals surface area contributed by atoms with E-state index >= 15 is 0 Å². The lowest BCUT2D eigenvalue weighted by molar-refractivity contribution is -0.118. The number of anilines is 1. The van der Waals surface area contributed by atoms with E-state index in [0.717, 1.165) is 30.0 Å². The van der Waals surface area contributed by atoms with Crippen molar-refractivity contribution >= 4 is 11.6 Å². The summed E-state index contributed by atoms with van der Waals surface area (Å²) in [6.45, 7) is 2.29. The molecule has 0 bridgehead atoms. The molecule has 1 unspecified atom stereocenters. The number of carbonyl (C=O) groups excluding carboxylic acids is 1. The Labute approximate surface area is 151 Å². The second-order valence-electron chi connectivity index (χ2n) is 6.11. The molecule has 2 N–H and O–H groups in total. The largest absolute Gasteiger partial charge is 0.496 e. The van der Waals surface area contributed by atoms with Crippen LogP contribution in [0.3, 0.4) is 0 Å². The number of benzene rings is 2. The molecule has 1 saturated heterocycles. The van der Waals surface area contributed by atoms with E-state index in [-0.39, 0.29) is 24.2 Å². The Morgan fingerprint density at radius 1 is 1.27 bits per heavy atom. The average molecular weight is 361 g/mol. The number of rotatable bonds is 5. The molecule has 26 heavy (non-hydrogen) atoms. The normalized spacial score (nSPS) is 17.7. The number of hydrogen-bond donors (Lipinski definition) is 2. The van der Waals surface area contributed by atoms with Crippen molar-refractivity contribution in [1.82, 2.24) is 10.2 Å². The third kappa shape index (κ3) is 4.17. The van der Waals surface area contributed by atoms with Crippen LogP contribution in [0.5, 0.6) is 5.75 Å². The summed E-state index contributed by atoms with van der Waals surface area (Å²) >= 11 is 0. The lowest BCUT2D eigenvalue weighted by atomic mass is 10.0. The minimum atomic E-state index is -0.989. The highest BCUT2D eigenvalue weighted by molar-refractivity contribution is 5.92. The van der Waals surface area contributed by atoms with Gasteiger partial charge in [0.05, 0.1) is 19.7 Å².